The number of nitro benzene ring substituents is 1. The molecule has 144 valence electrons. The van der Waals surface area contributed by atoms with Crippen LogP contribution in [-0.2, 0) is 28.2 Å². The van der Waals surface area contributed by atoms with Crippen LogP contribution >= 0.6 is 0 Å². The zero-order chi connectivity index (χ0) is 19.7. The van der Waals surface area contributed by atoms with Crippen LogP contribution in [0.25, 0.3) is 0 Å². The first-order valence-electron chi connectivity index (χ1n) is 7.36. The summed E-state index contributed by atoms with van der Waals surface area (Å²) in [7, 11) is -1.64. The predicted molar refractivity (Wildman–Crippen MR) is 90.2 cm³/mol. The largest absolute Gasteiger partial charge is 0.726 e. The number of hydrogen-bond acceptors (Lipinski definition) is 8. The molecule has 2 rings (SSSR count). The second kappa shape index (κ2) is 9.70. The zero-order valence-electron chi connectivity index (χ0n) is 14.2. The van der Waals surface area contributed by atoms with Crippen LogP contribution in [0.4, 0.5) is 11.4 Å². The number of hydrogen-bond donors (Lipinski definition) is 2. The molecule has 2 aromatic rings. The van der Waals surface area contributed by atoms with E-state index < -0.39 is 15.3 Å². The molecule has 0 spiro atoms. The van der Waals surface area contributed by atoms with Crippen LogP contribution in [0.3, 0.4) is 0 Å². The van der Waals surface area contributed by atoms with Crippen molar-refractivity contribution in [2.45, 2.75) is 13.0 Å². The van der Waals surface area contributed by atoms with Crippen molar-refractivity contribution < 1.29 is 31.8 Å². The molecule has 0 aliphatic heterocycles. The number of anilines is 1. The van der Waals surface area contributed by atoms with Gasteiger partial charge in [0, 0.05) is 30.8 Å². The Hall–Kier alpha value is -2.70. The molecule has 11 nitrogen and oxygen atoms in total. The second-order valence-electron chi connectivity index (χ2n) is 5.13. The third kappa shape index (κ3) is 7.92. The maximum Gasteiger partial charge on any atom is 0.310 e. The molecule has 0 radical (unpaired) electrons. The van der Waals surface area contributed by atoms with Gasteiger partial charge in [-0.2, -0.15) is 0 Å². The minimum Gasteiger partial charge on any atom is -0.726 e. The normalized spacial score (nSPS) is 10.7. The summed E-state index contributed by atoms with van der Waals surface area (Å²) in [5, 5.41) is 23.2. The van der Waals surface area contributed by atoms with Crippen LogP contribution in [0.2, 0.25) is 0 Å². The van der Waals surface area contributed by atoms with E-state index in [0.717, 1.165) is 26.6 Å². The summed E-state index contributed by atoms with van der Waals surface area (Å²) in [6, 6.07) is 4.25. The van der Waals surface area contributed by atoms with E-state index in [-0.39, 0.29) is 11.4 Å². The van der Waals surface area contributed by atoms with Gasteiger partial charge < -0.3 is 15.0 Å². The lowest BCUT2D eigenvalue weighted by molar-refractivity contribution is -0.671. The fourth-order valence-electron chi connectivity index (χ4n) is 1.92. The smallest absolute Gasteiger partial charge is 0.310 e. The van der Waals surface area contributed by atoms with Gasteiger partial charge in [-0.3, -0.25) is 14.3 Å². The maximum absolute atomic E-state index is 10.6. The molecule has 1 heterocycles. The summed E-state index contributed by atoms with van der Waals surface area (Å²) in [6.45, 7) is 1.60. The topological polar surface area (TPSA) is 151 Å². The molecular weight excluding hydrogens is 368 g/mol. The number of rotatable bonds is 7. The number of imidazole rings is 1. The number of aromatic hydroxyl groups is 1. The van der Waals surface area contributed by atoms with Gasteiger partial charge in [0.05, 0.1) is 25.6 Å². The average molecular weight is 388 g/mol. The van der Waals surface area contributed by atoms with Crippen LogP contribution in [0.15, 0.2) is 36.9 Å². The van der Waals surface area contributed by atoms with Gasteiger partial charge in [-0.25, -0.2) is 17.6 Å². The lowest BCUT2D eigenvalue weighted by Gasteiger charge is -2.06. The lowest BCUT2D eigenvalue weighted by Crippen LogP contribution is -2.23. The number of nitrogens with zero attached hydrogens (tertiary/aromatic N) is 3. The Morgan fingerprint density at radius 2 is 2.08 bits per heavy atom. The van der Waals surface area contributed by atoms with Crippen LogP contribution in [0.5, 0.6) is 5.75 Å². The third-order valence-electron chi connectivity index (χ3n) is 3.12. The van der Waals surface area contributed by atoms with Gasteiger partial charge in [0.25, 0.3) is 0 Å². The highest BCUT2D eigenvalue weighted by atomic mass is 32.3. The molecule has 0 saturated heterocycles. The zero-order valence-corrected chi connectivity index (χ0v) is 15.0. The Morgan fingerprint density at radius 1 is 1.42 bits per heavy atom. The third-order valence-corrected chi connectivity index (χ3v) is 3.53. The highest BCUT2D eigenvalue weighted by Crippen LogP contribution is 2.28. The van der Waals surface area contributed by atoms with Crippen molar-refractivity contribution in [1.82, 2.24) is 4.57 Å². The predicted octanol–water partition coefficient (Wildman–Crippen LogP) is 0.522. The van der Waals surface area contributed by atoms with Gasteiger partial charge >= 0.3 is 5.69 Å². The summed E-state index contributed by atoms with van der Waals surface area (Å²) < 4.78 is 35.1. The Bertz CT molecular complexity index is 836. The molecule has 1 aromatic heterocycles. The lowest BCUT2D eigenvalue weighted by atomic mass is 10.2. The first kappa shape index (κ1) is 21.3. The van der Waals surface area contributed by atoms with Crippen molar-refractivity contribution >= 4 is 21.8 Å². The van der Waals surface area contributed by atoms with Crippen LogP contribution in [0.1, 0.15) is 6.42 Å². The summed E-state index contributed by atoms with van der Waals surface area (Å²) in [6.07, 6.45) is 6.88. The molecule has 0 unspecified atom stereocenters. The summed E-state index contributed by atoms with van der Waals surface area (Å²) >= 11 is 0. The molecule has 0 aliphatic carbocycles. The van der Waals surface area contributed by atoms with Crippen molar-refractivity contribution in [2.24, 2.45) is 7.05 Å². The van der Waals surface area contributed by atoms with E-state index in [0.29, 0.717) is 5.69 Å². The van der Waals surface area contributed by atoms with Crippen molar-refractivity contribution in [3.05, 3.63) is 47.0 Å². The van der Waals surface area contributed by atoms with E-state index >= 15 is 0 Å². The van der Waals surface area contributed by atoms with Crippen molar-refractivity contribution in [3.63, 3.8) is 0 Å². The second-order valence-corrected chi connectivity index (χ2v) is 6.28. The Morgan fingerprint density at radius 3 is 2.54 bits per heavy atom. The fourth-order valence-corrected chi connectivity index (χ4v) is 1.92. The van der Waals surface area contributed by atoms with Crippen LogP contribution < -0.4 is 9.88 Å². The van der Waals surface area contributed by atoms with E-state index in [1.165, 1.54) is 12.1 Å². The molecule has 0 atom stereocenters. The van der Waals surface area contributed by atoms with Crippen molar-refractivity contribution in [3.8, 4) is 5.75 Å². The maximum atomic E-state index is 10.6. The quantitative estimate of drug-likeness (QED) is 0.174. The molecule has 12 heteroatoms. The molecule has 2 N–H and O–H groups in total. The summed E-state index contributed by atoms with van der Waals surface area (Å²) in [5.74, 6) is -0.322. The summed E-state index contributed by atoms with van der Waals surface area (Å²) in [5.41, 5.74) is 0.390. The number of nitrogens with one attached hydrogen (secondary N) is 1. The van der Waals surface area contributed by atoms with Gasteiger partial charge in [-0.15, -0.1) is 0 Å². The Kier molecular flexibility index (Phi) is 7.96. The average Bonchev–Trinajstić information content (AvgIpc) is 2.96. The molecule has 0 aliphatic rings. The molecule has 0 saturated carbocycles. The van der Waals surface area contributed by atoms with Crippen LogP contribution in [0, 0.1) is 10.1 Å². The van der Waals surface area contributed by atoms with Gasteiger partial charge in [0.1, 0.15) is 12.4 Å². The van der Waals surface area contributed by atoms with E-state index in [9.17, 15) is 28.2 Å². The van der Waals surface area contributed by atoms with E-state index in [2.05, 4.69) is 14.1 Å². The molecular formula is C14H20N4O7S. The number of benzene rings is 1. The Balaban J connectivity index is 0.000000487. The first-order chi connectivity index (χ1) is 12.1. The number of phenolic OH excluding ortho intramolecular Hbond substituents is 1. The number of aromatic nitrogens is 2. The standard InChI is InChI=1S/C13H16N4O3.CH4O4S/c1-15-7-8-16(10-15)6-2-5-14-11-3-4-12(17(19)20)13(18)9-11;1-5-6(2,3)4/h3-4,7-10,14H,2,5-6H2,1H3;1H3,(H,2,3,4). The molecule has 0 bridgehead atoms. The van der Waals surface area contributed by atoms with Crippen LogP contribution in [-0.4, -0.2) is 41.2 Å². The molecule has 0 fully saturated rings. The van der Waals surface area contributed by atoms with Gasteiger partial charge in [0.2, 0.25) is 16.7 Å². The SMILES string of the molecule is COS(=O)(=O)[O-].C[n+]1ccn(CCCNc2ccc([N+](=O)[O-])c(O)c2)c1. The number of phenols is 1. The van der Waals surface area contributed by atoms with E-state index in [1.807, 2.05) is 30.3 Å². The highest BCUT2D eigenvalue weighted by molar-refractivity contribution is 7.80. The Labute approximate surface area is 150 Å². The highest BCUT2D eigenvalue weighted by Gasteiger charge is 2.12. The first-order valence-corrected chi connectivity index (χ1v) is 8.69. The monoisotopic (exact) mass is 388 g/mol. The van der Waals surface area contributed by atoms with Gasteiger partial charge in [0.15, 0.2) is 5.75 Å². The minimum absolute atomic E-state index is 0.282. The van der Waals surface area contributed by atoms with Crippen molar-refractivity contribution in [1.29, 1.82) is 0 Å². The van der Waals surface area contributed by atoms with Gasteiger partial charge in [-0.1, -0.05) is 0 Å². The molecule has 1 aromatic carbocycles. The molecule has 0 amide bonds. The van der Waals surface area contributed by atoms with E-state index in [4.69, 9.17) is 0 Å². The van der Waals surface area contributed by atoms with E-state index in [1.54, 1.807) is 6.07 Å². The minimum atomic E-state index is -4.41. The number of nitro groups is 1. The summed E-state index contributed by atoms with van der Waals surface area (Å²) in [4.78, 5) is 9.97. The van der Waals surface area contributed by atoms with Gasteiger partial charge in [-0.05, 0) is 6.07 Å². The number of aryl methyl sites for hydroxylation is 2. The van der Waals surface area contributed by atoms with Crippen molar-refractivity contribution in [2.75, 3.05) is 19.0 Å². The molecule has 26 heavy (non-hydrogen) atoms. The fraction of sp³-hybridized carbons (Fsp3) is 0.357.